The summed E-state index contributed by atoms with van der Waals surface area (Å²) in [5.41, 5.74) is 3.79. The van der Waals surface area contributed by atoms with Gasteiger partial charge in [0.05, 0.1) is 0 Å². The molecular formula is C14H16N+. The van der Waals surface area contributed by atoms with Crippen molar-refractivity contribution in [2.75, 3.05) is 0 Å². The van der Waals surface area contributed by atoms with Gasteiger partial charge in [-0.05, 0) is 23.6 Å². The van der Waals surface area contributed by atoms with E-state index < -0.39 is 0 Å². The Hall–Kier alpha value is -1.63. The number of nitrogens with one attached hydrogen (secondary N) is 1. The molecule has 0 radical (unpaired) electrons. The molecule has 0 aliphatic rings. The molecule has 0 aliphatic heterocycles. The number of rotatable bonds is 2. The zero-order valence-corrected chi connectivity index (χ0v) is 9.20. The average molecular weight is 198 g/mol. The number of hydrogen-bond acceptors (Lipinski definition) is 0. The van der Waals surface area contributed by atoms with Crippen LogP contribution >= 0.6 is 0 Å². The fourth-order valence-electron chi connectivity index (χ4n) is 1.63. The minimum atomic E-state index is 0.571. The normalized spacial score (nSPS) is 10.6. The van der Waals surface area contributed by atoms with Gasteiger partial charge in [-0.25, -0.2) is 4.98 Å². The van der Waals surface area contributed by atoms with Gasteiger partial charge in [0.2, 0.25) is 5.69 Å². The first-order valence-electron chi connectivity index (χ1n) is 5.34. The number of hydrogen-bond donors (Lipinski definition) is 0. The number of H-pyrrole nitrogens is 1. The molecule has 1 heteroatoms. The van der Waals surface area contributed by atoms with E-state index in [1.54, 1.807) is 0 Å². The molecule has 1 nitrogen and oxygen atoms in total. The second kappa shape index (κ2) is 4.26. The molecule has 2 rings (SSSR count). The Kier molecular flexibility index (Phi) is 2.82. The molecule has 0 atom stereocenters. The van der Waals surface area contributed by atoms with Crippen molar-refractivity contribution in [1.82, 2.24) is 0 Å². The molecule has 0 spiro atoms. The molecule has 1 N–H and O–H groups in total. The lowest BCUT2D eigenvalue weighted by Crippen LogP contribution is -2.06. The summed E-state index contributed by atoms with van der Waals surface area (Å²) in [5.74, 6) is 0.571. The Bertz CT molecular complexity index is 432. The second-order valence-corrected chi connectivity index (χ2v) is 4.06. The van der Waals surface area contributed by atoms with Crippen molar-refractivity contribution in [2.24, 2.45) is 0 Å². The van der Waals surface area contributed by atoms with Crippen LogP contribution in [0.3, 0.4) is 0 Å². The Balaban J connectivity index is 2.42. The van der Waals surface area contributed by atoms with E-state index in [4.69, 9.17) is 0 Å². The van der Waals surface area contributed by atoms with Gasteiger partial charge in [-0.2, -0.15) is 0 Å². The first kappa shape index (κ1) is 9.91. The van der Waals surface area contributed by atoms with Crippen LogP contribution in [0, 0.1) is 0 Å². The zero-order valence-electron chi connectivity index (χ0n) is 9.20. The maximum atomic E-state index is 3.28. The molecular weight excluding hydrogens is 182 g/mol. The van der Waals surface area contributed by atoms with E-state index in [9.17, 15) is 0 Å². The highest BCUT2D eigenvalue weighted by atomic mass is 14.7. The number of aromatic nitrogens is 1. The number of aromatic amines is 1. The summed E-state index contributed by atoms with van der Waals surface area (Å²) in [6.07, 6.45) is 2.01. The van der Waals surface area contributed by atoms with Gasteiger partial charge in [-0.15, -0.1) is 0 Å². The van der Waals surface area contributed by atoms with Gasteiger partial charge in [0.15, 0.2) is 6.20 Å². The van der Waals surface area contributed by atoms with E-state index in [0.717, 1.165) is 0 Å². The van der Waals surface area contributed by atoms with E-state index in [0.29, 0.717) is 5.92 Å². The fraction of sp³-hybridized carbons (Fsp3) is 0.214. The standard InChI is InChI=1S/C14H15N/c1-11(2)13-8-9-15-14(10-13)12-6-4-3-5-7-12/h3-11H,1-2H3/p+1. The van der Waals surface area contributed by atoms with E-state index in [2.05, 4.69) is 55.2 Å². The van der Waals surface area contributed by atoms with Crippen LogP contribution in [0.4, 0.5) is 0 Å². The number of pyridine rings is 1. The lowest BCUT2D eigenvalue weighted by atomic mass is 10.0. The van der Waals surface area contributed by atoms with E-state index >= 15 is 0 Å². The Labute approximate surface area is 90.8 Å². The first-order valence-corrected chi connectivity index (χ1v) is 5.34. The minimum Gasteiger partial charge on any atom is -0.211 e. The fourth-order valence-corrected chi connectivity index (χ4v) is 1.63. The predicted octanol–water partition coefficient (Wildman–Crippen LogP) is 3.29. The summed E-state index contributed by atoms with van der Waals surface area (Å²) in [6.45, 7) is 4.42. The highest BCUT2D eigenvalue weighted by molar-refractivity contribution is 5.56. The van der Waals surface area contributed by atoms with Gasteiger partial charge >= 0.3 is 0 Å². The summed E-state index contributed by atoms with van der Waals surface area (Å²) in [5, 5.41) is 0. The van der Waals surface area contributed by atoms with Gasteiger partial charge in [0.25, 0.3) is 0 Å². The predicted molar refractivity (Wildman–Crippen MR) is 62.5 cm³/mol. The maximum Gasteiger partial charge on any atom is 0.211 e. The van der Waals surface area contributed by atoms with Crippen LogP contribution < -0.4 is 4.98 Å². The molecule has 1 heterocycles. The van der Waals surface area contributed by atoms with Crippen molar-refractivity contribution >= 4 is 0 Å². The molecule has 1 aromatic carbocycles. The van der Waals surface area contributed by atoms with Gasteiger partial charge in [0, 0.05) is 17.7 Å². The van der Waals surface area contributed by atoms with Crippen LogP contribution in [-0.2, 0) is 0 Å². The minimum absolute atomic E-state index is 0.571. The molecule has 1 aromatic heterocycles. The third-order valence-electron chi connectivity index (χ3n) is 2.58. The van der Waals surface area contributed by atoms with Gasteiger partial charge in [-0.1, -0.05) is 32.0 Å². The van der Waals surface area contributed by atoms with Crippen molar-refractivity contribution in [3.8, 4) is 11.3 Å². The summed E-state index contributed by atoms with van der Waals surface area (Å²) < 4.78 is 0. The van der Waals surface area contributed by atoms with Crippen molar-refractivity contribution in [3.63, 3.8) is 0 Å². The highest BCUT2D eigenvalue weighted by Crippen LogP contribution is 2.19. The number of benzene rings is 1. The largest absolute Gasteiger partial charge is 0.211 e. The molecule has 0 aliphatic carbocycles. The van der Waals surface area contributed by atoms with Crippen molar-refractivity contribution in [2.45, 2.75) is 19.8 Å². The van der Waals surface area contributed by atoms with E-state index in [-0.39, 0.29) is 0 Å². The van der Waals surface area contributed by atoms with Crippen LogP contribution in [0.25, 0.3) is 11.3 Å². The summed E-state index contributed by atoms with van der Waals surface area (Å²) in [6, 6.07) is 14.8. The lowest BCUT2D eigenvalue weighted by molar-refractivity contribution is -0.364. The Morgan fingerprint density at radius 1 is 1.00 bits per heavy atom. The molecule has 0 unspecified atom stereocenters. The van der Waals surface area contributed by atoms with E-state index in [1.165, 1.54) is 16.8 Å². The van der Waals surface area contributed by atoms with Crippen molar-refractivity contribution < 1.29 is 4.98 Å². The third kappa shape index (κ3) is 2.24. The molecule has 0 amide bonds. The van der Waals surface area contributed by atoms with Gasteiger partial charge in [-0.3, -0.25) is 0 Å². The van der Waals surface area contributed by atoms with Crippen LogP contribution in [-0.4, -0.2) is 0 Å². The van der Waals surface area contributed by atoms with Crippen molar-refractivity contribution in [1.29, 1.82) is 0 Å². The molecule has 0 bridgehead atoms. The Morgan fingerprint density at radius 2 is 1.73 bits per heavy atom. The van der Waals surface area contributed by atoms with E-state index in [1.807, 2.05) is 12.3 Å². The molecule has 0 fully saturated rings. The summed E-state index contributed by atoms with van der Waals surface area (Å²) >= 11 is 0. The SMILES string of the molecule is CC(C)c1cc[nH+]c(-c2ccccc2)c1. The molecule has 0 saturated carbocycles. The zero-order chi connectivity index (χ0) is 10.7. The monoisotopic (exact) mass is 198 g/mol. The van der Waals surface area contributed by atoms with Gasteiger partial charge in [0.1, 0.15) is 0 Å². The second-order valence-electron chi connectivity index (χ2n) is 4.06. The first-order chi connectivity index (χ1) is 7.27. The summed E-state index contributed by atoms with van der Waals surface area (Å²) in [7, 11) is 0. The van der Waals surface area contributed by atoms with Crippen molar-refractivity contribution in [3.05, 3.63) is 54.2 Å². The van der Waals surface area contributed by atoms with Gasteiger partial charge < -0.3 is 0 Å². The molecule has 0 saturated heterocycles. The Morgan fingerprint density at radius 3 is 2.40 bits per heavy atom. The molecule has 76 valence electrons. The quantitative estimate of drug-likeness (QED) is 0.703. The van der Waals surface area contributed by atoms with Crippen LogP contribution in [0.5, 0.6) is 0 Å². The van der Waals surface area contributed by atoms with Crippen LogP contribution in [0.15, 0.2) is 48.7 Å². The molecule has 2 aromatic rings. The third-order valence-corrected chi connectivity index (χ3v) is 2.58. The maximum absolute atomic E-state index is 3.28. The smallest absolute Gasteiger partial charge is 0.211 e. The highest BCUT2D eigenvalue weighted by Gasteiger charge is 2.07. The topological polar surface area (TPSA) is 14.1 Å². The van der Waals surface area contributed by atoms with Crippen LogP contribution in [0.2, 0.25) is 0 Å². The van der Waals surface area contributed by atoms with Crippen LogP contribution in [0.1, 0.15) is 25.3 Å². The lowest BCUT2D eigenvalue weighted by Gasteiger charge is -2.03. The molecule has 15 heavy (non-hydrogen) atoms. The average Bonchev–Trinajstić information content (AvgIpc) is 2.30. The summed E-state index contributed by atoms with van der Waals surface area (Å²) in [4.78, 5) is 3.28.